The van der Waals surface area contributed by atoms with Gasteiger partial charge in [0.05, 0.1) is 31.4 Å². The van der Waals surface area contributed by atoms with E-state index in [1.807, 2.05) is 30.3 Å². The van der Waals surface area contributed by atoms with Gasteiger partial charge in [0, 0.05) is 11.6 Å². The Balaban J connectivity index is 1.42. The second kappa shape index (κ2) is 8.50. The van der Waals surface area contributed by atoms with Gasteiger partial charge < -0.3 is 9.73 Å². The normalized spacial score (nSPS) is 10.9. The lowest BCUT2D eigenvalue weighted by atomic mass is 10.1. The molecular weight excluding hydrogens is 462 g/mol. The van der Waals surface area contributed by atoms with Gasteiger partial charge in [-0.05, 0) is 42.5 Å². The molecule has 0 saturated heterocycles. The van der Waals surface area contributed by atoms with Crippen LogP contribution in [0.5, 0.6) is 0 Å². The predicted molar refractivity (Wildman–Crippen MR) is 129 cm³/mol. The third kappa shape index (κ3) is 4.09. The Morgan fingerprint density at radius 2 is 1.82 bits per heavy atom. The highest BCUT2D eigenvalue weighted by Gasteiger charge is 2.20. The Morgan fingerprint density at radius 1 is 1.03 bits per heavy atom. The van der Waals surface area contributed by atoms with E-state index in [2.05, 4.69) is 10.3 Å². The monoisotopic (exact) mass is 475 g/mol. The van der Waals surface area contributed by atoms with Crippen molar-refractivity contribution < 1.29 is 14.1 Å². The van der Waals surface area contributed by atoms with Crippen molar-refractivity contribution in [3.8, 4) is 21.9 Å². The lowest BCUT2D eigenvalue weighted by molar-refractivity contribution is -0.384. The lowest BCUT2D eigenvalue weighted by Crippen LogP contribution is -2.11. The number of fused-ring (bicyclic) bond motifs is 1. The molecule has 5 aromatic rings. The Hall–Kier alpha value is -4.01. The number of anilines is 1. The quantitative estimate of drug-likeness (QED) is 0.217. The molecule has 5 rings (SSSR count). The van der Waals surface area contributed by atoms with E-state index in [4.69, 9.17) is 16.0 Å². The van der Waals surface area contributed by atoms with Crippen molar-refractivity contribution >= 4 is 50.4 Å². The highest BCUT2D eigenvalue weighted by atomic mass is 35.5. The Kier molecular flexibility index (Phi) is 5.37. The number of amides is 1. The summed E-state index contributed by atoms with van der Waals surface area (Å²) < 4.78 is 6.68. The number of benzene rings is 3. The summed E-state index contributed by atoms with van der Waals surface area (Å²) in [6.07, 6.45) is 0. The number of nitro benzene ring substituents is 1. The van der Waals surface area contributed by atoms with Crippen molar-refractivity contribution in [2.24, 2.45) is 0 Å². The van der Waals surface area contributed by atoms with Crippen molar-refractivity contribution in [3.63, 3.8) is 0 Å². The maximum Gasteiger partial charge on any atom is 0.291 e. The minimum atomic E-state index is -0.525. The first-order valence-corrected chi connectivity index (χ1v) is 11.0. The van der Waals surface area contributed by atoms with Crippen LogP contribution < -0.4 is 5.32 Å². The molecule has 0 aliphatic heterocycles. The van der Waals surface area contributed by atoms with Gasteiger partial charge in [0.2, 0.25) is 0 Å². The second-order valence-corrected chi connectivity index (χ2v) is 8.51. The van der Waals surface area contributed by atoms with Crippen LogP contribution in [0, 0.1) is 10.1 Å². The Bertz CT molecular complexity index is 1490. The molecule has 0 aliphatic carbocycles. The largest absolute Gasteiger partial charge is 0.451 e. The molecule has 1 amide bonds. The topological polar surface area (TPSA) is 98.3 Å². The van der Waals surface area contributed by atoms with Gasteiger partial charge in [-0.15, -0.1) is 11.3 Å². The molecule has 7 nitrogen and oxygen atoms in total. The Morgan fingerprint density at radius 3 is 2.64 bits per heavy atom. The van der Waals surface area contributed by atoms with Crippen LogP contribution in [0.2, 0.25) is 5.02 Å². The van der Waals surface area contributed by atoms with Crippen LogP contribution in [0.15, 0.2) is 83.3 Å². The zero-order chi connectivity index (χ0) is 22.9. The van der Waals surface area contributed by atoms with Crippen LogP contribution in [0.25, 0.3) is 32.1 Å². The first-order valence-electron chi connectivity index (χ1n) is 9.80. The second-order valence-electron chi connectivity index (χ2n) is 7.07. The van der Waals surface area contributed by atoms with E-state index in [0.29, 0.717) is 10.7 Å². The summed E-state index contributed by atoms with van der Waals surface area (Å²) in [4.78, 5) is 28.2. The number of hydrogen-bond donors (Lipinski definition) is 1. The van der Waals surface area contributed by atoms with Crippen molar-refractivity contribution in [2.45, 2.75) is 0 Å². The highest BCUT2D eigenvalue weighted by Crippen LogP contribution is 2.35. The van der Waals surface area contributed by atoms with E-state index in [1.54, 1.807) is 41.7 Å². The third-order valence-corrected chi connectivity index (χ3v) is 6.37. The fourth-order valence-electron chi connectivity index (χ4n) is 3.38. The average Bonchev–Trinajstić information content (AvgIpc) is 3.48. The van der Waals surface area contributed by atoms with Gasteiger partial charge in [-0.2, -0.15) is 0 Å². The first-order chi connectivity index (χ1) is 16.0. The van der Waals surface area contributed by atoms with Crippen LogP contribution in [0.4, 0.5) is 11.4 Å². The van der Waals surface area contributed by atoms with Crippen molar-refractivity contribution in [1.82, 2.24) is 4.98 Å². The molecular formula is C24H14ClN3O4S. The van der Waals surface area contributed by atoms with Gasteiger partial charge >= 0.3 is 0 Å². The fourth-order valence-corrected chi connectivity index (χ4v) is 4.51. The molecule has 0 bridgehead atoms. The number of carbonyl (C=O) groups excluding carboxylic acids is 1. The van der Waals surface area contributed by atoms with Crippen LogP contribution in [0.1, 0.15) is 10.6 Å². The van der Waals surface area contributed by atoms with Crippen molar-refractivity contribution in [1.29, 1.82) is 0 Å². The van der Waals surface area contributed by atoms with E-state index in [9.17, 15) is 14.9 Å². The fraction of sp³-hybridized carbons (Fsp3) is 0. The molecule has 3 aromatic carbocycles. The number of nitro groups is 1. The van der Waals surface area contributed by atoms with Gasteiger partial charge in [-0.1, -0.05) is 41.9 Å². The molecule has 2 heterocycles. The van der Waals surface area contributed by atoms with Crippen LogP contribution in [0.3, 0.4) is 0 Å². The number of para-hydroxylation sites is 2. The number of rotatable bonds is 5. The molecule has 33 heavy (non-hydrogen) atoms. The van der Waals surface area contributed by atoms with Crippen molar-refractivity contribution in [2.75, 3.05) is 5.32 Å². The number of thiazole rings is 1. The molecule has 0 fully saturated rings. The number of aromatic nitrogens is 1. The van der Waals surface area contributed by atoms with E-state index in [1.165, 1.54) is 18.2 Å². The summed E-state index contributed by atoms with van der Waals surface area (Å²) >= 11 is 7.86. The maximum atomic E-state index is 12.8. The van der Waals surface area contributed by atoms with Gasteiger partial charge in [0.1, 0.15) is 10.8 Å². The third-order valence-electron chi connectivity index (χ3n) is 4.95. The molecule has 0 unspecified atom stereocenters. The highest BCUT2D eigenvalue weighted by molar-refractivity contribution is 7.21. The van der Waals surface area contributed by atoms with Crippen molar-refractivity contribution in [3.05, 3.63) is 99.8 Å². The van der Waals surface area contributed by atoms with E-state index >= 15 is 0 Å². The summed E-state index contributed by atoms with van der Waals surface area (Å²) in [5.41, 5.74) is 2.30. The number of halogens is 1. The maximum absolute atomic E-state index is 12.8. The molecule has 2 aromatic heterocycles. The Labute approximate surface area is 196 Å². The van der Waals surface area contributed by atoms with Gasteiger partial charge in [0.25, 0.3) is 11.6 Å². The number of furan rings is 1. The molecule has 0 atom stereocenters. The van der Waals surface area contributed by atoms with Crippen LogP contribution in [-0.4, -0.2) is 15.8 Å². The number of hydrogen-bond acceptors (Lipinski definition) is 6. The van der Waals surface area contributed by atoms with Gasteiger partial charge in [0.15, 0.2) is 5.76 Å². The van der Waals surface area contributed by atoms with E-state index in [0.717, 1.165) is 20.8 Å². The molecule has 0 radical (unpaired) electrons. The zero-order valence-corrected chi connectivity index (χ0v) is 18.4. The minimum Gasteiger partial charge on any atom is -0.451 e. The molecule has 1 N–H and O–H groups in total. The smallest absolute Gasteiger partial charge is 0.291 e. The number of nitrogens with one attached hydrogen (secondary N) is 1. The minimum absolute atomic E-state index is 0.00427. The molecule has 0 spiro atoms. The summed E-state index contributed by atoms with van der Waals surface area (Å²) in [7, 11) is 0. The number of nitrogens with zero attached hydrogens (tertiary/aromatic N) is 2. The molecule has 162 valence electrons. The van der Waals surface area contributed by atoms with E-state index in [-0.39, 0.29) is 22.8 Å². The molecule has 0 saturated carbocycles. The SMILES string of the molecule is O=C(Nc1cc(-c2nc3ccccc3s2)ccc1Cl)c1ccc(-c2ccccc2[N+](=O)[O-])o1. The van der Waals surface area contributed by atoms with Crippen LogP contribution in [-0.2, 0) is 0 Å². The predicted octanol–water partition coefficient (Wildman–Crippen LogP) is 7.04. The molecule has 9 heteroatoms. The van der Waals surface area contributed by atoms with Crippen LogP contribution >= 0.6 is 22.9 Å². The average molecular weight is 476 g/mol. The van der Waals surface area contributed by atoms with E-state index < -0.39 is 10.8 Å². The first kappa shape index (κ1) is 20.9. The zero-order valence-electron chi connectivity index (χ0n) is 16.8. The lowest BCUT2D eigenvalue weighted by Gasteiger charge is -2.07. The van der Waals surface area contributed by atoms with Gasteiger partial charge in [-0.25, -0.2) is 4.98 Å². The molecule has 0 aliphatic rings. The summed E-state index contributed by atoms with van der Waals surface area (Å²) in [6, 6.07) is 22.3. The van der Waals surface area contributed by atoms with Gasteiger partial charge in [-0.3, -0.25) is 14.9 Å². The number of carbonyl (C=O) groups is 1. The summed E-state index contributed by atoms with van der Waals surface area (Å²) in [6.45, 7) is 0. The standard InChI is InChI=1S/C24H14ClN3O4S/c25-16-10-9-14(24-27-17-6-2-4-8-22(17)33-24)13-18(16)26-23(29)21-12-11-20(32-21)15-5-1-3-7-19(15)28(30)31/h1-13H,(H,26,29). The summed E-state index contributed by atoms with van der Waals surface area (Å²) in [5.74, 6) is -0.297. The summed E-state index contributed by atoms with van der Waals surface area (Å²) in [5, 5.41) is 15.2.